The molecule has 0 saturated heterocycles. The fourth-order valence-corrected chi connectivity index (χ4v) is 0.343. The van der Waals surface area contributed by atoms with Gasteiger partial charge in [0.1, 0.15) is 0 Å². The Morgan fingerprint density at radius 3 is 2.30 bits per heavy atom. The van der Waals surface area contributed by atoms with E-state index in [1.165, 1.54) is 12.3 Å². The minimum absolute atomic E-state index is 0.261. The summed E-state index contributed by atoms with van der Waals surface area (Å²) in [5.74, 6) is 0. The van der Waals surface area contributed by atoms with E-state index >= 15 is 0 Å². The first-order chi connectivity index (χ1) is 4.42. The van der Waals surface area contributed by atoms with Crippen LogP contribution in [0.1, 0.15) is 20.8 Å². The van der Waals surface area contributed by atoms with Crippen molar-refractivity contribution in [2.75, 3.05) is 0 Å². The van der Waals surface area contributed by atoms with Crippen molar-refractivity contribution < 1.29 is 9.53 Å². The van der Waals surface area contributed by atoms with Crippen molar-refractivity contribution in [2.24, 2.45) is 0 Å². The number of carbonyl (C=O) groups is 1. The first-order valence-electron chi connectivity index (χ1n) is 2.95. The van der Waals surface area contributed by atoms with Gasteiger partial charge in [0.2, 0.25) is 5.24 Å². The number of allylic oxidation sites excluding steroid dienone is 1. The maximum absolute atomic E-state index is 10.1. The molecule has 0 N–H and O–H groups in total. The Balaban J connectivity index is 3.64. The monoisotopic (exact) mass is 162 g/mol. The van der Waals surface area contributed by atoms with Crippen LogP contribution in [0.3, 0.4) is 0 Å². The predicted octanol–water partition coefficient (Wildman–Crippen LogP) is 2.08. The fraction of sp³-hybridized carbons (Fsp3) is 0.571. The fourth-order valence-electron chi connectivity index (χ4n) is 0.292. The summed E-state index contributed by atoms with van der Waals surface area (Å²) in [5.41, 5.74) is -0.261. The van der Waals surface area contributed by atoms with Crippen molar-refractivity contribution in [2.45, 2.75) is 26.4 Å². The molecule has 0 amide bonds. The number of carbonyl (C=O) groups excluding carboxylic acids is 1. The highest BCUT2D eigenvalue weighted by atomic mass is 35.5. The van der Waals surface area contributed by atoms with Crippen LogP contribution in [0.15, 0.2) is 12.3 Å². The van der Waals surface area contributed by atoms with Crippen LogP contribution in [0.2, 0.25) is 0 Å². The van der Waals surface area contributed by atoms with Crippen LogP contribution in [0, 0.1) is 0 Å². The maximum atomic E-state index is 10.1. The van der Waals surface area contributed by atoms with Crippen molar-refractivity contribution in [3.8, 4) is 0 Å². The van der Waals surface area contributed by atoms with Crippen LogP contribution in [-0.2, 0) is 9.53 Å². The van der Waals surface area contributed by atoms with E-state index in [2.05, 4.69) is 0 Å². The summed E-state index contributed by atoms with van der Waals surface area (Å²) in [6.07, 6.45) is 2.47. The van der Waals surface area contributed by atoms with E-state index in [0.717, 1.165) is 0 Å². The van der Waals surface area contributed by atoms with Gasteiger partial charge in [-0.2, -0.15) is 0 Å². The molecule has 0 aromatic carbocycles. The SMILES string of the molecule is CC(C)(C)O/C=C/C(=O)Cl. The lowest BCUT2D eigenvalue weighted by atomic mass is 10.2. The van der Waals surface area contributed by atoms with E-state index in [9.17, 15) is 4.79 Å². The summed E-state index contributed by atoms with van der Waals surface area (Å²) in [6.45, 7) is 5.65. The van der Waals surface area contributed by atoms with Gasteiger partial charge in [0.15, 0.2) is 0 Å². The maximum Gasteiger partial charge on any atom is 0.248 e. The van der Waals surface area contributed by atoms with Crippen LogP contribution in [0.25, 0.3) is 0 Å². The van der Waals surface area contributed by atoms with Gasteiger partial charge in [-0.1, -0.05) is 0 Å². The highest BCUT2D eigenvalue weighted by molar-refractivity contribution is 6.66. The van der Waals surface area contributed by atoms with E-state index in [4.69, 9.17) is 16.3 Å². The lowest BCUT2D eigenvalue weighted by Gasteiger charge is -2.16. The second-order valence-corrected chi connectivity index (χ2v) is 3.21. The van der Waals surface area contributed by atoms with Gasteiger partial charge in [0.25, 0.3) is 0 Å². The molecule has 3 heteroatoms. The molecule has 0 aliphatic heterocycles. The molecule has 0 spiro atoms. The summed E-state index contributed by atoms with van der Waals surface area (Å²) in [6, 6.07) is 0. The lowest BCUT2D eigenvalue weighted by Crippen LogP contribution is -2.15. The second-order valence-electron chi connectivity index (χ2n) is 2.84. The molecule has 0 heterocycles. The first kappa shape index (κ1) is 9.50. The Hall–Kier alpha value is -0.500. The van der Waals surface area contributed by atoms with E-state index in [1.807, 2.05) is 20.8 Å². The molecule has 58 valence electrons. The third-order valence-corrected chi connectivity index (χ3v) is 0.747. The number of rotatable bonds is 2. The van der Waals surface area contributed by atoms with E-state index < -0.39 is 5.24 Å². The molecule has 10 heavy (non-hydrogen) atoms. The van der Waals surface area contributed by atoms with Crippen LogP contribution >= 0.6 is 11.6 Å². The van der Waals surface area contributed by atoms with Crippen LogP contribution in [0.5, 0.6) is 0 Å². The van der Waals surface area contributed by atoms with Gasteiger partial charge in [-0.3, -0.25) is 4.79 Å². The van der Waals surface area contributed by atoms with Crippen molar-refractivity contribution in [1.82, 2.24) is 0 Å². The number of halogens is 1. The van der Waals surface area contributed by atoms with E-state index in [1.54, 1.807) is 0 Å². The Bertz CT molecular complexity index is 144. The molecular weight excluding hydrogens is 152 g/mol. The summed E-state index contributed by atoms with van der Waals surface area (Å²) in [5, 5.41) is -0.524. The molecule has 2 nitrogen and oxygen atoms in total. The minimum Gasteiger partial charge on any atom is -0.496 e. The molecule has 0 rings (SSSR count). The largest absolute Gasteiger partial charge is 0.496 e. The molecule has 0 radical (unpaired) electrons. The molecule has 0 aliphatic carbocycles. The number of hydrogen-bond donors (Lipinski definition) is 0. The normalized spacial score (nSPS) is 12.0. The number of hydrogen-bond acceptors (Lipinski definition) is 2. The summed E-state index contributed by atoms with van der Waals surface area (Å²) in [7, 11) is 0. The van der Waals surface area contributed by atoms with Gasteiger partial charge in [-0.15, -0.1) is 0 Å². The summed E-state index contributed by atoms with van der Waals surface area (Å²) >= 11 is 5.00. The van der Waals surface area contributed by atoms with Crippen molar-refractivity contribution >= 4 is 16.8 Å². The zero-order chi connectivity index (χ0) is 8.20. The Kier molecular flexibility index (Phi) is 3.43. The number of ether oxygens (including phenoxy) is 1. The Morgan fingerprint density at radius 2 is 2.00 bits per heavy atom. The van der Waals surface area contributed by atoms with E-state index in [-0.39, 0.29) is 5.60 Å². The Morgan fingerprint density at radius 1 is 1.50 bits per heavy atom. The van der Waals surface area contributed by atoms with Crippen LogP contribution < -0.4 is 0 Å². The highest BCUT2D eigenvalue weighted by Crippen LogP contribution is 2.06. The Labute approximate surface area is 65.8 Å². The average Bonchev–Trinajstić information content (AvgIpc) is 1.59. The molecule has 0 aromatic rings. The summed E-state index contributed by atoms with van der Waals surface area (Å²) in [4.78, 5) is 10.1. The standard InChI is InChI=1S/C7H11ClO2/c1-7(2,3)10-5-4-6(8)9/h4-5H,1-3H3/b5-4+. The second kappa shape index (κ2) is 3.62. The zero-order valence-corrected chi connectivity index (χ0v) is 7.11. The van der Waals surface area contributed by atoms with Gasteiger partial charge in [-0.05, 0) is 32.4 Å². The van der Waals surface area contributed by atoms with Gasteiger partial charge >= 0.3 is 0 Å². The van der Waals surface area contributed by atoms with Crippen LogP contribution in [-0.4, -0.2) is 10.8 Å². The van der Waals surface area contributed by atoms with Crippen molar-refractivity contribution in [3.63, 3.8) is 0 Å². The van der Waals surface area contributed by atoms with Crippen LogP contribution in [0.4, 0.5) is 0 Å². The predicted molar refractivity (Wildman–Crippen MR) is 40.8 cm³/mol. The topological polar surface area (TPSA) is 26.3 Å². The van der Waals surface area contributed by atoms with Crippen molar-refractivity contribution in [1.29, 1.82) is 0 Å². The third kappa shape index (κ3) is 7.50. The minimum atomic E-state index is -0.524. The smallest absolute Gasteiger partial charge is 0.248 e. The van der Waals surface area contributed by atoms with Gasteiger partial charge in [0, 0.05) is 6.08 Å². The molecule has 0 unspecified atom stereocenters. The molecular formula is C7H11ClO2. The molecule has 0 aromatic heterocycles. The lowest BCUT2D eigenvalue weighted by molar-refractivity contribution is -0.107. The average molecular weight is 163 g/mol. The highest BCUT2D eigenvalue weighted by Gasteiger charge is 2.07. The quantitative estimate of drug-likeness (QED) is 0.353. The van der Waals surface area contributed by atoms with Gasteiger partial charge in [-0.25, -0.2) is 0 Å². The van der Waals surface area contributed by atoms with Gasteiger partial charge < -0.3 is 4.74 Å². The van der Waals surface area contributed by atoms with Gasteiger partial charge in [0.05, 0.1) is 11.9 Å². The zero-order valence-electron chi connectivity index (χ0n) is 6.35. The molecule has 0 atom stereocenters. The van der Waals surface area contributed by atoms with Crippen molar-refractivity contribution in [3.05, 3.63) is 12.3 Å². The molecule has 0 bridgehead atoms. The first-order valence-corrected chi connectivity index (χ1v) is 3.33. The summed E-state index contributed by atoms with van der Waals surface area (Å²) < 4.78 is 5.05. The molecule has 0 aliphatic rings. The molecule has 0 fully saturated rings. The molecule has 0 saturated carbocycles. The van der Waals surface area contributed by atoms with E-state index in [0.29, 0.717) is 0 Å². The third-order valence-electron chi connectivity index (χ3n) is 0.621.